The first-order valence-corrected chi connectivity index (χ1v) is 15.2. The third kappa shape index (κ3) is 8.03. The van der Waals surface area contributed by atoms with E-state index in [2.05, 4.69) is 35.6 Å². The lowest BCUT2D eigenvalue weighted by Gasteiger charge is -2.35. The molecule has 9 heteroatoms. The Bertz CT molecular complexity index is 1470. The molecule has 2 aliphatic rings. The van der Waals surface area contributed by atoms with Gasteiger partial charge in [-0.1, -0.05) is 39.0 Å². The Labute approximate surface area is 252 Å². The summed E-state index contributed by atoms with van der Waals surface area (Å²) in [4.78, 5) is 49.0. The molecule has 1 saturated carbocycles. The summed E-state index contributed by atoms with van der Waals surface area (Å²) in [5.41, 5.74) is 1.08. The van der Waals surface area contributed by atoms with Crippen molar-refractivity contribution in [2.75, 3.05) is 36.0 Å². The summed E-state index contributed by atoms with van der Waals surface area (Å²) in [6.45, 7) is 8.62. The second kappa shape index (κ2) is 13.0. The molecule has 9 nitrogen and oxygen atoms in total. The first kappa shape index (κ1) is 30.3. The van der Waals surface area contributed by atoms with Gasteiger partial charge in [0.15, 0.2) is 0 Å². The molecule has 0 bridgehead atoms. The lowest BCUT2D eigenvalue weighted by atomic mass is 9.91. The van der Waals surface area contributed by atoms with Crippen molar-refractivity contribution >= 4 is 23.5 Å². The Morgan fingerprint density at radius 3 is 2.49 bits per heavy atom. The van der Waals surface area contributed by atoms with E-state index in [0.29, 0.717) is 55.3 Å². The van der Waals surface area contributed by atoms with E-state index in [1.54, 1.807) is 17.2 Å². The van der Waals surface area contributed by atoms with Gasteiger partial charge in [-0.3, -0.25) is 19.3 Å². The van der Waals surface area contributed by atoms with Gasteiger partial charge in [0.05, 0.1) is 18.6 Å². The average molecular weight is 587 g/mol. The highest BCUT2D eigenvalue weighted by molar-refractivity contribution is 6.08. The zero-order valence-corrected chi connectivity index (χ0v) is 25.3. The monoisotopic (exact) mass is 586 g/mol. The zero-order chi connectivity index (χ0) is 30.6. The number of aromatic amines is 1. The SMILES string of the molecule is CC(C)(C)CN(C(=O)c1ccc(=O)[nH]c1N1CCC(COc2cccc(C(CC(=O)O)C3CC3)c2)CC1)c1ccccn1. The number of piperidine rings is 1. The third-order valence-corrected chi connectivity index (χ3v) is 8.22. The maximum atomic E-state index is 14.0. The van der Waals surface area contributed by atoms with Crippen LogP contribution in [0.15, 0.2) is 65.6 Å². The first-order chi connectivity index (χ1) is 20.6. The molecule has 1 aliphatic heterocycles. The number of carboxylic acid groups (broad SMARTS) is 1. The molecule has 1 unspecified atom stereocenters. The van der Waals surface area contributed by atoms with Crippen molar-refractivity contribution in [3.8, 4) is 5.75 Å². The number of hydrogen-bond donors (Lipinski definition) is 2. The van der Waals surface area contributed by atoms with E-state index in [4.69, 9.17) is 4.74 Å². The molecule has 1 atom stereocenters. The fourth-order valence-corrected chi connectivity index (χ4v) is 5.89. The minimum atomic E-state index is -0.766. The van der Waals surface area contributed by atoms with E-state index in [1.807, 2.05) is 42.5 Å². The van der Waals surface area contributed by atoms with Crippen molar-refractivity contribution in [1.82, 2.24) is 9.97 Å². The van der Waals surface area contributed by atoms with Gasteiger partial charge in [0.1, 0.15) is 17.4 Å². The molecule has 2 fully saturated rings. The molecule has 0 spiro atoms. The number of carboxylic acids is 1. The zero-order valence-electron chi connectivity index (χ0n) is 25.3. The minimum absolute atomic E-state index is 0.0335. The Balaban J connectivity index is 1.25. The topological polar surface area (TPSA) is 116 Å². The van der Waals surface area contributed by atoms with Crippen molar-refractivity contribution in [2.24, 2.45) is 17.3 Å². The van der Waals surface area contributed by atoms with Gasteiger partial charge in [-0.15, -0.1) is 0 Å². The van der Waals surface area contributed by atoms with Crippen LogP contribution in [-0.2, 0) is 4.79 Å². The highest BCUT2D eigenvalue weighted by Crippen LogP contribution is 2.45. The average Bonchev–Trinajstić information content (AvgIpc) is 3.83. The summed E-state index contributed by atoms with van der Waals surface area (Å²) in [6.07, 6.45) is 5.68. The second-order valence-corrected chi connectivity index (χ2v) is 13.1. The molecule has 43 heavy (non-hydrogen) atoms. The molecule has 2 aromatic heterocycles. The van der Waals surface area contributed by atoms with Crippen LogP contribution in [0.2, 0.25) is 0 Å². The van der Waals surface area contributed by atoms with Gasteiger partial charge in [0, 0.05) is 31.9 Å². The number of aliphatic carboxylic acids is 1. The number of rotatable bonds is 11. The molecule has 3 aromatic rings. The fraction of sp³-hybridized carbons (Fsp3) is 0.471. The number of nitrogens with one attached hydrogen (secondary N) is 1. The third-order valence-electron chi connectivity index (χ3n) is 8.22. The van der Waals surface area contributed by atoms with Crippen LogP contribution < -0.4 is 20.1 Å². The number of aromatic nitrogens is 2. The van der Waals surface area contributed by atoms with Crippen molar-refractivity contribution < 1.29 is 19.4 Å². The van der Waals surface area contributed by atoms with Gasteiger partial charge in [-0.2, -0.15) is 0 Å². The number of ether oxygens (including phenoxy) is 1. The van der Waals surface area contributed by atoms with E-state index in [0.717, 1.165) is 37.0 Å². The first-order valence-electron chi connectivity index (χ1n) is 15.2. The summed E-state index contributed by atoms with van der Waals surface area (Å²) >= 11 is 0. The van der Waals surface area contributed by atoms with Crippen molar-refractivity contribution in [3.63, 3.8) is 0 Å². The van der Waals surface area contributed by atoms with Crippen LogP contribution in [-0.4, -0.2) is 53.2 Å². The van der Waals surface area contributed by atoms with E-state index < -0.39 is 5.97 Å². The van der Waals surface area contributed by atoms with E-state index in [-0.39, 0.29) is 29.2 Å². The van der Waals surface area contributed by atoms with Crippen LogP contribution in [0.4, 0.5) is 11.6 Å². The van der Waals surface area contributed by atoms with Crippen LogP contribution in [0.3, 0.4) is 0 Å². The van der Waals surface area contributed by atoms with Crippen molar-refractivity contribution in [3.05, 3.63) is 82.3 Å². The second-order valence-electron chi connectivity index (χ2n) is 13.1. The Hall–Kier alpha value is -4.14. The standard InChI is InChI=1S/C34H42N4O5/c1-34(2,3)22-38(29-9-4-5-16-35-29)33(42)27-12-13-30(39)36-32(27)37-17-14-23(15-18-37)21-43-26-8-6-7-25(19-26)28(20-31(40)41)24-10-11-24/h4-9,12-13,16,19,23-24,28H,10-11,14-15,17-18,20-22H2,1-3H3,(H,36,39)(H,40,41). The summed E-state index contributed by atoms with van der Waals surface area (Å²) in [5, 5.41) is 9.38. The number of amides is 1. The number of anilines is 2. The molecule has 1 amide bonds. The van der Waals surface area contributed by atoms with Crippen LogP contribution in [0.5, 0.6) is 5.75 Å². The number of carbonyl (C=O) groups excluding carboxylic acids is 1. The van der Waals surface area contributed by atoms with Crippen LogP contribution in [0.1, 0.15) is 74.7 Å². The summed E-state index contributed by atoms with van der Waals surface area (Å²) < 4.78 is 6.20. The maximum Gasteiger partial charge on any atom is 0.303 e. The smallest absolute Gasteiger partial charge is 0.303 e. The molecule has 0 radical (unpaired) electrons. The Kier molecular flexibility index (Phi) is 9.18. The van der Waals surface area contributed by atoms with Crippen molar-refractivity contribution in [1.29, 1.82) is 0 Å². The molecule has 1 saturated heterocycles. The lowest BCUT2D eigenvalue weighted by Crippen LogP contribution is -2.41. The van der Waals surface area contributed by atoms with Crippen LogP contribution >= 0.6 is 0 Å². The van der Waals surface area contributed by atoms with Gasteiger partial charge >= 0.3 is 5.97 Å². The molecular weight excluding hydrogens is 544 g/mol. The molecule has 3 heterocycles. The van der Waals surface area contributed by atoms with Crippen LogP contribution in [0, 0.1) is 17.3 Å². The predicted molar refractivity (Wildman–Crippen MR) is 167 cm³/mol. The quantitative estimate of drug-likeness (QED) is 0.295. The normalized spacial score (nSPS) is 16.5. The Morgan fingerprint density at radius 1 is 1.07 bits per heavy atom. The summed E-state index contributed by atoms with van der Waals surface area (Å²) in [7, 11) is 0. The predicted octanol–water partition coefficient (Wildman–Crippen LogP) is 5.73. The van der Waals surface area contributed by atoms with E-state index >= 15 is 0 Å². The minimum Gasteiger partial charge on any atom is -0.493 e. The number of benzene rings is 1. The number of hydrogen-bond acceptors (Lipinski definition) is 6. The molecule has 2 N–H and O–H groups in total. The lowest BCUT2D eigenvalue weighted by molar-refractivity contribution is -0.137. The molecule has 1 aliphatic carbocycles. The molecule has 5 rings (SSSR count). The van der Waals surface area contributed by atoms with Crippen molar-refractivity contribution in [2.45, 2.75) is 58.8 Å². The van der Waals surface area contributed by atoms with Gasteiger partial charge in [-0.25, -0.2) is 4.98 Å². The molecular formula is C34H42N4O5. The Morgan fingerprint density at radius 2 is 1.84 bits per heavy atom. The largest absolute Gasteiger partial charge is 0.493 e. The number of H-pyrrole nitrogens is 1. The van der Waals surface area contributed by atoms with Gasteiger partial charge in [0.2, 0.25) is 5.56 Å². The van der Waals surface area contributed by atoms with E-state index in [1.165, 1.54) is 6.07 Å². The van der Waals surface area contributed by atoms with Gasteiger partial charge < -0.3 is 19.7 Å². The fourth-order valence-electron chi connectivity index (χ4n) is 5.89. The molecule has 1 aromatic carbocycles. The van der Waals surface area contributed by atoms with Gasteiger partial charge in [0.25, 0.3) is 5.91 Å². The highest BCUT2D eigenvalue weighted by Gasteiger charge is 2.34. The van der Waals surface area contributed by atoms with E-state index in [9.17, 15) is 19.5 Å². The number of nitrogens with zero attached hydrogens (tertiary/aromatic N) is 3. The number of carbonyl (C=O) groups is 2. The summed E-state index contributed by atoms with van der Waals surface area (Å²) in [6, 6.07) is 16.4. The molecule has 228 valence electrons. The highest BCUT2D eigenvalue weighted by atomic mass is 16.5. The van der Waals surface area contributed by atoms with Gasteiger partial charge in [-0.05, 0) is 84.7 Å². The summed E-state index contributed by atoms with van der Waals surface area (Å²) in [5.74, 6) is 1.72. The van der Waals surface area contributed by atoms with Crippen LogP contribution in [0.25, 0.3) is 0 Å². The number of pyridine rings is 2. The maximum absolute atomic E-state index is 14.0.